The molecular weight excluding hydrogens is 522 g/mol. The summed E-state index contributed by atoms with van der Waals surface area (Å²) < 4.78 is 8.10. The molecule has 38 heavy (non-hydrogen) atoms. The molecule has 3 fully saturated rings. The highest BCUT2D eigenvalue weighted by molar-refractivity contribution is 7.73. The van der Waals surface area contributed by atoms with E-state index in [0.717, 1.165) is 32.5 Å². The van der Waals surface area contributed by atoms with Crippen LogP contribution in [0.1, 0.15) is 47.8 Å². The first kappa shape index (κ1) is 25.5. The van der Waals surface area contributed by atoms with Gasteiger partial charge < -0.3 is 29.7 Å². The predicted octanol–water partition coefficient (Wildman–Crippen LogP) is 3.45. The van der Waals surface area contributed by atoms with Crippen molar-refractivity contribution in [1.82, 2.24) is 14.8 Å². The number of ether oxygens (including phenoxy) is 1. The number of fused-ring (bicyclic) bond motifs is 3. The summed E-state index contributed by atoms with van der Waals surface area (Å²) in [6.07, 6.45) is 3.85. The van der Waals surface area contributed by atoms with Gasteiger partial charge in [0.05, 0.1) is 12.0 Å². The quantitative estimate of drug-likeness (QED) is 0.549. The number of piperazine rings is 1. The van der Waals surface area contributed by atoms with Crippen LogP contribution >= 0.6 is 23.6 Å². The smallest absolute Gasteiger partial charge is 0.265 e. The number of carbonyl (C=O) groups excluding carboxylic acids is 3. The van der Waals surface area contributed by atoms with E-state index in [2.05, 4.69) is 27.7 Å². The second kappa shape index (κ2) is 10.8. The maximum absolute atomic E-state index is 13.6. The van der Waals surface area contributed by atoms with Crippen molar-refractivity contribution >= 4 is 52.8 Å². The van der Waals surface area contributed by atoms with E-state index in [0.29, 0.717) is 53.5 Å². The van der Waals surface area contributed by atoms with E-state index in [1.165, 1.54) is 17.0 Å². The van der Waals surface area contributed by atoms with E-state index in [1.54, 1.807) is 0 Å². The number of nitrogens with zero attached hydrogens (tertiary/aromatic N) is 3. The van der Waals surface area contributed by atoms with Gasteiger partial charge in [0.2, 0.25) is 11.8 Å². The SMILES string of the molecule is O=C(NCC1CCCO1)c1sc(=S)n2c1NC(=O)C1CCC(C(=O)N3CCN(c4ccccc4)CC3)CC12. The van der Waals surface area contributed by atoms with Gasteiger partial charge in [0.1, 0.15) is 10.7 Å². The van der Waals surface area contributed by atoms with Crippen molar-refractivity contribution in [2.24, 2.45) is 11.8 Å². The van der Waals surface area contributed by atoms with Crippen molar-refractivity contribution in [3.05, 3.63) is 39.2 Å². The van der Waals surface area contributed by atoms with Crippen molar-refractivity contribution in [1.29, 1.82) is 0 Å². The molecule has 4 atom stereocenters. The summed E-state index contributed by atoms with van der Waals surface area (Å²) in [5.41, 5.74) is 1.18. The molecule has 6 rings (SSSR count). The highest BCUT2D eigenvalue weighted by Crippen LogP contribution is 2.45. The van der Waals surface area contributed by atoms with Gasteiger partial charge in [0.15, 0.2) is 3.95 Å². The monoisotopic (exact) mass is 555 g/mol. The zero-order valence-electron chi connectivity index (χ0n) is 21.3. The molecule has 2 aromatic rings. The Balaban J connectivity index is 1.14. The molecule has 2 N–H and O–H groups in total. The molecule has 4 aliphatic rings. The number of nitrogens with one attached hydrogen (secondary N) is 2. The van der Waals surface area contributed by atoms with E-state index >= 15 is 0 Å². The Labute approximate surface area is 231 Å². The average molecular weight is 556 g/mol. The number of anilines is 2. The minimum Gasteiger partial charge on any atom is -0.376 e. The Hall–Kier alpha value is -2.76. The van der Waals surface area contributed by atoms with Gasteiger partial charge in [-0.15, -0.1) is 0 Å². The van der Waals surface area contributed by atoms with Crippen LogP contribution in [-0.4, -0.2) is 72.6 Å². The topological polar surface area (TPSA) is 95.9 Å². The lowest BCUT2D eigenvalue weighted by Gasteiger charge is -2.42. The van der Waals surface area contributed by atoms with Gasteiger partial charge >= 0.3 is 0 Å². The van der Waals surface area contributed by atoms with Crippen LogP contribution in [0.25, 0.3) is 0 Å². The number of aromatic nitrogens is 1. The molecular formula is C27H33N5O4S2. The molecule has 3 amide bonds. The van der Waals surface area contributed by atoms with Crippen LogP contribution in [0.4, 0.5) is 11.5 Å². The van der Waals surface area contributed by atoms with Gasteiger partial charge in [-0.05, 0) is 56.5 Å². The minimum absolute atomic E-state index is 0.0315. The van der Waals surface area contributed by atoms with Crippen molar-refractivity contribution in [3.8, 4) is 0 Å². The van der Waals surface area contributed by atoms with Gasteiger partial charge in [-0.2, -0.15) is 0 Å². The van der Waals surface area contributed by atoms with Crippen LogP contribution < -0.4 is 15.5 Å². The lowest BCUT2D eigenvalue weighted by atomic mass is 9.76. The molecule has 0 radical (unpaired) electrons. The first-order valence-corrected chi connectivity index (χ1v) is 14.8. The number of benzene rings is 1. The molecule has 0 spiro atoms. The second-order valence-electron chi connectivity index (χ2n) is 10.6. The Morgan fingerprint density at radius 3 is 2.63 bits per heavy atom. The molecule has 0 bridgehead atoms. The van der Waals surface area contributed by atoms with Crippen molar-refractivity contribution in [2.75, 3.05) is 49.5 Å². The fourth-order valence-electron chi connectivity index (χ4n) is 6.30. The zero-order chi connectivity index (χ0) is 26.2. The summed E-state index contributed by atoms with van der Waals surface area (Å²) in [4.78, 5) is 44.4. The van der Waals surface area contributed by atoms with Gasteiger partial charge in [0.25, 0.3) is 5.91 Å². The second-order valence-corrected chi connectivity index (χ2v) is 12.2. The normalized spacial score (nSPS) is 26.9. The molecule has 4 heterocycles. The number of para-hydroxylation sites is 1. The van der Waals surface area contributed by atoms with Gasteiger partial charge in [-0.1, -0.05) is 29.5 Å². The molecule has 1 aliphatic carbocycles. The summed E-state index contributed by atoms with van der Waals surface area (Å²) in [5, 5.41) is 5.91. The zero-order valence-corrected chi connectivity index (χ0v) is 22.9. The Bertz CT molecular complexity index is 1260. The van der Waals surface area contributed by atoms with E-state index < -0.39 is 0 Å². The van der Waals surface area contributed by atoms with E-state index in [4.69, 9.17) is 17.0 Å². The lowest BCUT2D eigenvalue weighted by molar-refractivity contribution is -0.139. The fraction of sp³-hybridized carbons (Fsp3) is 0.556. The number of thiazole rings is 1. The first-order chi connectivity index (χ1) is 18.5. The molecule has 1 aromatic carbocycles. The van der Waals surface area contributed by atoms with Crippen molar-refractivity contribution in [2.45, 2.75) is 44.2 Å². The number of carbonyl (C=O) groups is 3. The summed E-state index contributed by atoms with van der Waals surface area (Å²) >= 11 is 6.91. The third kappa shape index (κ3) is 4.87. The van der Waals surface area contributed by atoms with Crippen LogP contribution in [-0.2, 0) is 14.3 Å². The van der Waals surface area contributed by atoms with E-state index in [9.17, 15) is 14.4 Å². The standard InChI is InChI=1S/C27H33N5O4S2/c33-24-20-9-8-17(26(35)31-12-10-30(11-13-31)18-5-2-1-3-6-18)15-21(20)32-23(29-24)22(38-27(32)37)25(34)28-16-19-7-4-14-36-19/h1-3,5-6,17,19-21H,4,7-16H2,(H,28,34)(H,29,33). The number of rotatable bonds is 5. The summed E-state index contributed by atoms with van der Waals surface area (Å²) in [5.74, 6) is -0.0924. The molecule has 4 unspecified atom stereocenters. The molecule has 202 valence electrons. The average Bonchev–Trinajstić information content (AvgIpc) is 3.59. The van der Waals surface area contributed by atoms with E-state index in [1.807, 2.05) is 27.7 Å². The summed E-state index contributed by atoms with van der Waals surface area (Å²) in [6.45, 7) is 4.16. The van der Waals surface area contributed by atoms with Crippen LogP contribution in [0.3, 0.4) is 0 Å². The molecule has 2 saturated heterocycles. The van der Waals surface area contributed by atoms with Crippen LogP contribution in [0.2, 0.25) is 0 Å². The Morgan fingerprint density at radius 2 is 1.89 bits per heavy atom. The molecule has 3 aliphatic heterocycles. The third-order valence-electron chi connectivity index (χ3n) is 8.35. The molecule has 9 nitrogen and oxygen atoms in total. The van der Waals surface area contributed by atoms with Crippen LogP contribution in [0.15, 0.2) is 30.3 Å². The van der Waals surface area contributed by atoms with Gasteiger partial charge in [0, 0.05) is 57.0 Å². The maximum atomic E-state index is 13.6. The Morgan fingerprint density at radius 1 is 1.11 bits per heavy atom. The van der Waals surface area contributed by atoms with Crippen LogP contribution in [0.5, 0.6) is 0 Å². The summed E-state index contributed by atoms with van der Waals surface area (Å²) in [7, 11) is 0. The highest BCUT2D eigenvalue weighted by atomic mass is 32.1. The van der Waals surface area contributed by atoms with Gasteiger partial charge in [-0.3, -0.25) is 14.4 Å². The first-order valence-electron chi connectivity index (χ1n) is 13.5. The van der Waals surface area contributed by atoms with Gasteiger partial charge in [-0.25, -0.2) is 0 Å². The lowest BCUT2D eigenvalue weighted by Crippen LogP contribution is -2.52. The Kier molecular flexibility index (Phi) is 7.24. The summed E-state index contributed by atoms with van der Waals surface area (Å²) in [6, 6.07) is 10.1. The fourth-order valence-corrected chi connectivity index (χ4v) is 7.69. The molecule has 1 saturated carbocycles. The van der Waals surface area contributed by atoms with E-state index in [-0.39, 0.29) is 41.7 Å². The number of amides is 3. The minimum atomic E-state index is -0.246. The number of hydrogen-bond donors (Lipinski definition) is 2. The maximum Gasteiger partial charge on any atom is 0.265 e. The predicted molar refractivity (Wildman–Crippen MR) is 148 cm³/mol. The molecule has 11 heteroatoms. The van der Waals surface area contributed by atoms with Crippen molar-refractivity contribution < 1.29 is 19.1 Å². The largest absolute Gasteiger partial charge is 0.376 e. The number of hydrogen-bond acceptors (Lipinski definition) is 7. The molecule has 1 aromatic heterocycles. The third-order valence-corrected chi connectivity index (χ3v) is 9.75. The van der Waals surface area contributed by atoms with Crippen LogP contribution in [0, 0.1) is 15.8 Å². The van der Waals surface area contributed by atoms with Crippen molar-refractivity contribution in [3.63, 3.8) is 0 Å². The highest BCUT2D eigenvalue weighted by Gasteiger charge is 2.45.